The van der Waals surface area contributed by atoms with E-state index in [0.717, 1.165) is 0 Å². The third kappa shape index (κ3) is 4.75. The molecule has 3 aromatic carbocycles. The first-order valence-electron chi connectivity index (χ1n) is 11.5. The molecule has 1 heterocycles. The van der Waals surface area contributed by atoms with Gasteiger partial charge in [0.25, 0.3) is 12.3 Å². The summed E-state index contributed by atoms with van der Waals surface area (Å²) in [6.45, 7) is 1.80. The largest absolute Gasteiger partial charge is 0.478 e. The molecule has 0 aliphatic heterocycles. The van der Waals surface area contributed by atoms with Gasteiger partial charge in [-0.2, -0.15) is 0 Å². The number of benzene rings is 3. The summed E-state index contributed by atoms with van der Waals surface area (Å²) < 4.78 is 30.2. The Balaban J connectivity index is 1.76. The standard InChI is InChI=1S/C28H24F2N2O4/c1-2-8-23-24(25(29)30)32(26(33)20-9-4-3-5-10-20)28(36)31(23)17-18-13-15-19(16-14-18)21-11-6-7-12-22(21)27(34)35/h3-7,9-16,25H,2,8,17H2,1H3,(H,34,35). The van der Waals surface area contributed by atoms with Gasteiger partial charge in [-0.1, -0.05) is 74.0 Å². The van der Waals surface area contributed by atoms with E-state index < -0.39 is 29.7 Å². The normalized spacial score (nSPS) is 11.1. The van der Waals surface area contributed by atoms with Gasteiger partial charge in [-0.05, 0) is 41.3 Å². The van der Waals surface area contributed by atoms with Crippen molar-refractivity contribution in [2.24, 2.45) is 0 Å². The lowest BCUT2D eigenvalue weighted by Gasteiger charge is -2.10. The lowest BCUT2D eigenvalue weighted by molar-refractivity contribution is 0.0697. The molecule has 0 amide bonds. The molecule has 0 atom stereocenters. The second-order valence-corrected chi connectivity index (χ2v) is 8.31. The van der Waals surface area contributed by atoms with Crippen LogP contribution in [0.5, 0.6) is 0 Å². The van der Waals surface area contributed by atoms with Gasteiger partial charge in [-0.3, -0.25) is 9.36 Å². The van der Waals surface area contributed by atoms with Gasteiger partial charge in [0.2, 0.25) is 0 Å². The molecule has 1 N–H and O–H groups in total. The molecule has 0 radical (unpaired) electrons. The van der Waals surface area contributed by atoms with Crippen LogP contribution in [-0.4, -0.2) is 26.1 Å². The number of rotatable bonds is 8. The molecule has 6 nitrogen and oxygen atoms in total. The molecule has 0 saturated heterocycles. The number of imidazole rings is 1. The van der Waals surface area contributed by atoms with Crippen LogP contribution in [0.15, 0.2) is 83.7 Å². The van der Waals surface area contributed by atoms with Crippen LogP contribution < -0.4 is 5.69 Å². The summed E-state index contributed by atoms with van der Waals surface area (Å²) in [7, 11) is 0. The number of hydrogen-bond acceptors (Lipinski definition) is 3. The van der Waals surface area contributed by atoms with E-state index in [9.17, 15) is 28.3 Å². The van der Waals surface area contributed by atoms with Gasteiger partial charge in [0.15, 0.2) is 0 Å². The highest BCUT2D eigenvalue weighted by atomic mass is 19.3. The highest BCUT2D eigenvalue weighted by Crippen LogP contribution is 2.27. The number of carboxylic acid groups (broad SMARTS) is 1. The molecular formula is C28H24F2N2O4. The van der Waals surface area contributed by atoms with Crippen LogP contribution in [0.3, 0.4) is 0 Å². The van der Waals surface area contributed by atoms with Crippen molar-refractivity contribution in [3.8, 4) is 11.1 Å². The van der Waals surface area contributed by atoms with Crippen LogP contribution in [0.4, 0.5) is 8.78 Å². The van der Waals surface area contributed by atoms with Crippen molar-refractivity contribution >= 4 is 11.9 Å². The Bertz CT molecular complexity index is 1460. The maximum absolute atomic E-state index is 14.2. The minimum absolute atomic E-state index is 0.0101. The van der Waals surface area contributed by atoms with Crippen molar-refractivity contribution in [1.82, 2.24) is 9.13 Å². The second kappa shape index (κ2) is 10.5. The highest BCUT2D eigenvalue weighted by molar-refractivity contribution is 5.96. The smallest absolute Gasteiger partial charge is 0.336 e. The van der Waals surface area contributed by atoms with Crippen LogP contribution in [-0.2, 0) is 13.0 Å². The molecule has 4 rings (SSSR count). The predicted molar refractivity (Wildman–Crippen MR) is 132 cm³/mol. The third-order valence-electron chi connectivity index (χ3n) is 5.97. The van der Waals surface area contributed by atoms with Gasteiger partial charge in [-0.15, -0.1) is 0 Å². The van der Waals surface area contributed by atoms with Crippen LogP contribution in [0.25, 0.3) is 11.1 Å². The molecule has 0 spiro atoms. The van der Waals surface area contributed by atoms with E-state index in [1.165, 1.54) is 22.8 Å². The van der Waals surface area contributed by atoms with E-state index in [2.05, 4.69) is 0 Å². The first kappa shape index (κ1) is 24.8. The van der Waals surface area contributed by atoms with E-state index in [-0.39, 0.29) is 29.8 Å². The van der Waals surface area contributed by atoms with Gasteiger partial charge in [0.05, 0.1) is 12.1 Å². The Morgan fingerprint density at radius 1 is 0.917 bits per heavy atom. The number of hydrogen-bond donors (Lipinski definition) is 1. The molecule has 0 aliphatic rings. The number of carboxylic acids is 1. The van der Waals surface area contributed by atoms with Crippen LogP contribution in [0.2, 0.25) is 0 Å². The minimum atomic E-state index is -3.01. The van der Waals surface area contributed by atoms with Crippen LogP contribution in [0.1, 0.15) is 57.4 Å². The number of aromatic nitrogens is 2. The van der Waals surface area contributed by atoms with E-state index in [0.29, 0.717) is 27.7 Å². The van der Waals surface area contributed by atoms with Crippen molar-refractivity contribution in [2.45, 2.75) is 32.7 Å². The van der Waals surface area contributed by atoms with Crippen molar-refractivity contribution < 1.29 is 23.5 Å². The summed E-state index contributed by atoms with van der Waals surface area (Å²) in [4.78, 5) is 38.0. The van der Waals surface area contributed by atoms with Crippen molar-refractivity contribution in [2.75, 3.05) is 0 Å². The summed E-state index contributed by atoms with van der Waals surface area (Å²) in [6, 6.07) is 21.3. The topological polar surface area (TPSA) is 81.3 Å². The van der Waals surface area contributed by atoms with Gasteiger partial charge in [-0.25, -0.2) is 22.9 Å². The lowest BCUT2D eigenvalue weighted by atomic mass is 9.99. The molecule has 8 heteroatoms. The maximum atomic E-state index is 14.2. The summed E-state index contributed by atoms with van der Waals surface area (Å²) in [5, 5.41) is 9.46. The number of alkyl halides is 2. The molecule has 0 bridgehead atoms. The number of carbonyl (C=O) groups is 2. The van der Waals surface area contributed by atoms with Crippen molar-refractivity contribution in [3.05, 3.63) is 117 Å². The first-order chi connectivity index (χ1) is 17.3. The average Bonchev–Trinajstić information content (AvgIpc) is 3.16. The summed E-state index contributed by atoms with van der Waals surface area (Å²) in [5.41, 5.74) is 0.889. The average molecular weight is 491 g/mol. The second-order valence-electron chi connectivity index (χ2n) is 8.31. The Morgan fingerprint density at radius 3 is 2.17 bits per heavy atom. The van der Waals surface area contributed by atoms with Gasteiger partial charge >= 0.3 is 11.7 Å². The van der Waals surface area contributed by atoms with E-state index >= 15 is 0 Å². The molecule has 0 fully saturated rings. The van der Waals surface area contributed by atoms with Gasteiger partial charge < -0.3 is 5.11 Å². The Morgan fingerprint density at radius 2 is 1.56 bits per heavy atom. The van der Waals surface area contributed by atoms with Crippen molar-refractivity contribution in [1.29, 1.82) is 0 Å². The molecule has 0 saturated carbocycles. The lowest BCUT2D eigenvalue weighted by Crippen LogP contribution is -2.31. The molecule has 36 heavy (non-hydrogen) atoms. The third-order valence-corrected chi connectivity index (χ3v) is 5.97. The molecule has 0 unspecified atom stereocenters. The Hall–Kier alpha value is -4.33. The van der Waals surface area contributed by atoms with Crippen LogP contribution >= 0.6 is 0 Å². The zero-order chi connectivity index (χ0) is 25.8. The number of carbonyl (C=O) groups excluding carboxylic acids is 1. The SMILES string of the molecule is CCCc1c(C(F)F)n(C(=O)c2ccccc2)c(=O)n1Cc1ccc(-c2ccccc2C(=O)O)cc1. The van der Waals surface area contributed by atoms with E-state index in [1.807, 2.05) is 6.92 Å². The number of aromatic carboxylic acids is 1. The molecule has 4 aromatic rings. The van der Waals surface area contributed by atoms with Crippen LogP contribution in [0, 0.1) is 0 Å². The molecule has 1 aromatic heterocycles. The Kier molecular flexibility index (Phi) is 7.24. The monoisotopic (exact) mass is 490 g/mol. The summed E-state index contributed by atoms with van der Waals surface area (Å²) in [5.74, 6) is -1.85. The minimum Gasteiger partial charge on any atom is -0.478 e. The van der Waals surface area contributed by atoms with Gasteiger partial charge in [0, 0.05) is 11.3 Å². The first-order valence-corrected chi connectivity index (χ1v) is 11.5. The fourth-order valence-electron chi connectivity index (χ4n) is 4.29. The fourth-order valence-corrected chi connectivity index (χ4v) is 4.29. The van der Waals surface area contributed by atoms with Crippen molar-refractivity contribution in [3.63, 3.8) is 0 Å². The molecule has 184 valence electrons. The Labute approximate surface area is 206 Å². The predicted octanol–water partition coefficient (Wildman–Crippen LogP) is 5.64. The summed E-state index contributed by atoms with van der Waals surface area (Å²) >= 11 is 0. The molecule has 0 aliphatic carbocycles. The molecular weight excluding hydrogens is 466 g/mol. The summed E-state index contributed by atoms with van der Waals surface area (Å²) in [6.07, 6.45) is -2.30. The van der Waals surface area contributed by atoms with E-state index in [4.69, 9.17) is 0 Å². The fraction of sp³-hybridized carbons (Fsp3) is 0.179. The zero-order valence-corrected chi connectivity index (χ0v) is 19.5. The highest BCUT2D eigenvalue weighted by Gasteiger charge is 2.29. The quantitative estimate of drug-likeness (QED) is 0.347. The number of halogens is 2. The van der Waals surface area contributed by atoms with Gasteiger partial charge in [0.1, 0.15) is 5.69 Å². The maximum Gasteiger partial charge on any atom is 0.336 e. The zero-order valence-electron chi connectivity index (χ0n) is 19.5. The van der Waals surface area contributed by atoms with E-state index in [1.54, 1.807) is 60.7 Å². The number of nitrogens with zero attached hydrogens (tertiary/aromatic N) is 2.